The first-order chi connectivity index (χ1) is 10.3. The highest BCUT2D eigenvalue weighted by Crippen LogP contribution is 2.12. The van der Waals surface area contributed by atoms with Crippen LogP contribution in [0.15, 0.2) is 61.2 Å². The van der Waals surface area contributed by atoms with Crippen molar-refractivity contribution in [2.45, 2.75) is 13.8 Å². The predicted molar refractivity (Wildman–Crippen MR) is 91.2 cm³/mol. The van der Waals surface area contributed by atoms with Crippen LogP contribution in [0, 0.1) is 0 Å². The first kappa shape index (κ1) is 15.7. The van der Waals surface area contributed by atoms with Gasteiger partial charge in [0.2, 0.25) is 0 Å². The van der Waals surface area contributed by atoms with Crippen molar-refractivity contribution in [3.8, 4) is 0 Å². The highest BCUT2D eigenvalue weighted by molar-refractivity contribution is 6.92. The van der Waals surface area contributed by atoms with E-state index in [1.807, 2.05) is 50.3 Å². The minimum absolute atomic E-state index is 0.624. The summed E-state index contributed by atoms with van der Waals surface area (Å²) in [7, 11) is -2.64. The number of hydrogen-bond acceptors (Lipinski definition) is 2. The standard InChI is InChI=1S/C18H22O2Si/c1-4-16-11-10-14-18(15-16)21(19-5-2,20-6-3)17-12-8-7-9-13-17/h4,7-15H,1,5-6H2,2-3H3. The molecule has 0 saturated carbocycles. The van der Waals surface area contributed by atoms with Gasteiger partial charge in [-0.05, 0) is 29.8 Å². The molecular weight excluding hydrogens is 276 g/mol. The van der Waals surface area contributed by atoms with Crippen molar-refractivity contribution in [2.75, 3.05) is 13.2 Å². The van der Waals surface area contributed by atoms with Gasteiger partial charge >= 0.3 is 8.56 Å². The first-order valence-electron chi connectivity index (χ1n) is 7.33. The van der Waals surface area contributed by atoms with Crippen LogP contribution in [0.5, 0.6) is 0 Å². The van der Waals surface area contributed by atoms with Crippen LogP contribution >= 0.6 is 0 Å². The Bertz CT molecular complexity index is 575. The van der Waals surface area contributed by atoms with Crippen LogP contribution in [0.4, 0.5) is 0 Å². The third-order valence-electron chi connectivity index (χ3n) is 3.35. The van der Waals surface area contributed by atoms with Gasteiger partial charge in [-0.15, -0.1) is 0 Å². The molecule has 21 heavy (non-hydrogen) atoms. The lowest BCUT2D eigenvalue weighted by Crippen LogP contribution is -2.63. The Hall–Kier alpha value is -1.68. The Kier molecular flexibility index (Phi) is 5.50. The molecule has 0 radical (unpaired) electrons. The maximum Gasteiger partial charge on any atom is 0.407 e. The second-order valence-corrected chi connectivity index (χ2v) is 7.64. The van der Waals surface area contributed by atoms with E-state index in [1.54, 1.807) is 0 Å². The van der Waals surface area contributed by atoms with Gasteiger partial charge in [-0.25, -0.2) is 0 Å². The summed E-state index contributed by atoms with van der Waals surface area (Å²) in [5, 5.41) is 2.25. The van der Waals surface area contributed by atoms with E-state index < -0.39 is 8.56 Å². The smallest absolute Gasteiger partial charge is 0.388 e. The van der Waals surface area contributed by atoms with Crippen LogP contribution < -0.4 is 10.4 Å². The number of benzene rings is 2. The number of rotatable bonds is 7. The topological polar surface area (TPSA) is 18.5 Å². The van der Waals surface area contributed by atoms with Gasteiger partial charge in [0.15, 0.2) is 0 Å². The molecule has 2 nitrogen and oxygen atoms in total. The van der Waals surface area contributed by atoms with Crippen molar-refractivity contribution in [1.82, 2.24) is 0 Å². The molecule has 0 atom stereocenters. The average molecular weight is 298 g/mol. The highest BCUT2D eigenvalue weighted by atomic mass is 28.4. The molecule has 2 aromatic rings. The molecule has 0 bridgehead atoms. The van der Waals surface area contributed by atoms with E-state index in [0.29, 0.717) is 13.2 Å². The fourth-order valence-electron chi connectivity index (χ4n) is 2.48. The molecule has 2 rings (SSSR count). The maximum absolute atomic E-state index is 6.22. The monoisotopic (exact) mass is 298 g/mol. The van der Waals surface area contributed by atoms with Crippen molar-refractivity contribution >= 4 is 25.0 Å². The molecule has 110 valence electrons. The second kappa shape index (κ2) is 7.36. The average Bonchev–Trinajstić information content (AvgIpc) is 2.55. The fraction of sp³-hybridized carbons (Fsp3) is 0.222. The van der Waals surface area contributed by atoms with Gasteiger partial charge in [0, 0.05) is 13.2 Å². The Morgan fingerprint density at radius 3 is 2.10 bits per heavy atom. The van der Waals surface area contributed by atoms with Crippen LogP contribution in [0.1, 0.15) is 19.4 Å². The molecule has 0 aromatic heterocycles. The quantitative estimate of drug-likeness (QED) is 0.732. The molecule has 2 aromatic carbocycles. The minimum Gasteiger partial charge on any atom is -0.388 e. The highest BCUT2D eigenvalue weighted by Gasteiger charge is 2.42. The summed E-state index contributed by atoms with van der Waals surface area (Å²) < 4.78 is 12.4. The molecule has 0 saturated heterocycles. The zero-order valence-corrected chi connectivity index (χ0v) is 13.7. The minimum atomic E-state index is -2.64. The Morgan fingerprint density at radius 1 is 0.905 bits per heavy atom. The third kappa shape index (κ3) is 3.32. The molecule has 3 heteroatoms. The van der Waals surface area contributed by atoms with Gasteiger partial charge in [-0.1, -0.05) is 67.3 Å². The zero-order chi connectivity index (χ0) is 15.1. The van der Waals surface area contributed by atoms with Crippen molar-refractivity contribution < 1.29 is 8.85 Å². The Labute approximate surface area is 128 Å². The van der Waals surface area contributed by atoms with Crippen molar-refractivity contribution in [2.24, 2.45) is 0 Å². The van der Waals surface area contributed by atoms with Crippen LogP contribution in [0.25, 0.3) is 6.08 Å². The van der Waals surface area contributed by atoms with Gasteiger partial charge < -0.3 is 8.85 Å². The normalized spacial score (nSPS) is 11.3. The molecule has 0 heterocycles. The van der Waals surface area contributed by atoms with Crippen molar-refractivity contribution in [3.05, 3.63) is 66.7 Å². The van der Waals surface area contributed by atoms with E-state index in [1.165, 1.54) is 0 Å². The molecule has 0 fully saturated rings. The Balaban J connectivity index is 2.60. The van der Waals surface area contributed by atoms with E-state index >= 15 is 0 Å². The Morgan fingerprint density at radius 2 is 1.52 bits per heavy atom. The second-order valence-electron chi connectivity index (χ2n) is 4.68. The summed E-state index contributed by atoms with van der Waals surface area (Å²) in [5.74, 6) is 0. The van der Waals surface area contributed by atoms with Crippen LogP contribution in [-0.4, -0.2) is 21.8 Å². The molecule has 0 N–H and O–H groups in total. The molecule has 0 spiro atoms. The summed E-state index contributed by atoms with van der Waals surface area (Å²) >= 11 is 0. The molecule has 0 aliphatic carbocycles. The molecule has 0 aliphatic rings. The lowest BCUT2D eigenvalue weighted by Gasteiger charge is -2.30. The number of hydrogen-bond donors (Lipinski definition) is 0. The first-order valence-corrected chi connectivity index (χ1v) is 9.15. The lowest BCUT2D eigenvalue weighted by atomic mass is 10.2. The van der Waals surface area contributed by atoms with Gasteiger partial charge in [-0.2, -0.15) is 0 Å². The van der Waals surface area contributed by atoms with Crippen LogP contribution in [-0.2, 0) is 8.85 Å². The third-order valence-corrected chi connectivity index (χ3v) is 6.91. The van der Waals surface area contributed by atoms with Crippen molar-refractivity contribution in [3.63, 3.8) is 0 Å². The van der Waals surface area contributed by atoms with E-state index in [9.17, 15) is 0 Å². The fourth-order valence-corrected chi connectivity index (χ4v) is 5.68. The van der Waals surface area contributed by atoms with Crippen LogP contribution in [0.2, 0.25) is 0 Å². The summed E-state index contributed by atoms with van der Waals surface area (Å²) in [6.45, 7) is 9.13. The molecule has 0 unspecified atom stereocenters. The molecule has 0 aliphatic heterocycles. The summed E-state index contributed by atoms with van der Waals surface area (Å²) in [4.78, 5) is 0. The van der Waals surface area contributed by atoms with E-state index in [-0.39, 0.29) is 0 Å². The van der Waals surface area contributed by atoms with E-state index in [2.05, 4.69) is 30.8 Å². The SMILES string of the molecule is C=Cc1cccc([Si](OCC)(OCC)c2ccccc2)c1. The summed E-state index contributed by atoms with van der Waals surface area (Å²) in [6.07, 6.45) is 1.85. The molecule has 0 amide bonds. The van der Waals surface area contributed by atoms with Gasteiger partial charge in [-0.3, -0.25) is 0 Å². The van der Waals surface area contributed by atoms with Crippen LogP contribution in [0.3, 0.4) is 0 Å². The van der Waals surface area contributed by atoms with Crippen molar-refractivity contribution in [1.29, 1.82) is 0 Å². The van der Waals surface area contributed by atoms with E-state index in [0.717, 1.165) is 15.9 Å². The maximum atomic E-state index is 6.22. The summed E-state index contributed by atoms with van der Waals surface area (Å²) in [6, 6.07) is 18.6. The largest absolute Gasteiger partial charge is 0.407 e. The predicted octanol–water partition coefficient (Wildman–Crippen LogP) is 2.96. The summed E-state index contributed by atoms with van der Waals surface area (Å²) in [5.41, 5.74) is 1.08. The van der Waals surface area contributed by atoms with Gasteiger partial charge in [0.25, 0.3) is 0 Å². The van der Waals surface area contributed by atoms with Gasteiger partial charge in [0.1, 0.15) is 0 Å². The van der Waals surface area contributed by atoms with E-state index in [4.69, 9.17) is 8.85 Å². The lowest BCUT2D eigenvalue weighted by molar-refractivity contribution is 0.208. The zero-order valence-electron chi connectivity index (χ0n) is 12.7. The van der Waals surface area contributed by atoms with Gasteiger partial charge in [0.05, 0.1) is 0 Å². The molecular formula is C18H22O2Si.